The molecule has 0 aliphatic carbocycles. The molecule has 0 saturated carbocycles. The van der Waals surface area contributed by atoms with E-state index >= 15 is 0 Å². The van der Waals surface area contributed by atoms with Crippen molar-refractivity contribution < 1.29 is 14.3 Å². The van der Waals surface area contributed by atoms with E-state index in [1.54, 1.807) is 25.3 Å². The van der Waals surface area contributed by atoms with Crippen LogP contribution < -0.4 is 16.0 Å². The number of carbonyl (C=O) groups excluding carboxylic acids is 2. The molecule has 2 amide bonds. The predicted molar refractivity (Wildman–Crippen MR) is 104 cm³/mol. The van der Waals surface area contributed by atoms with Gasteiger partial charge in [0.15, 0.2) is 0 Å². The molecule has 0 aliphatic rings. The highest BCUT2D eigenvalue weighted by Crippen LogP contribution is 2.18. The van der Waals surface area contributed by atoms with Gasteiger partial charge in [-0.2, -0.15) is 0 Å². The molecule has 2 rings (SSSR count). The minimum absolute atomic E-state index is 0.113. The third-order valence-corrected chi connectivity index (χ3v) is 4.05. The van der Waals surface area contributed by atoms with Gasteiger partial charge in [0.05, 0.1) is 13.2 Å². The Hall–Kier alpha value is -2.86. The number of aryl methyl sites for hydroxylation is 1. The molecule has 0 aliphatic heterocycles. The molecule has 0 saturated heterocycles. The first kappa shape index (κ1) is 19.5. The number of hydrogen-bond donors (Lipinski definition) is 3. The highest BCUT2D eigenvalue weighted by atomic mass is 16.5. The molecule has 0 bridgehead atoms. The summed E-state index contributed by atoms with van der Waals surface area (Å²) >= 11 is 0. The van der Waals surface area contributed by atoms with E-state index in [0.29, 0.717) is 24.4 Å². The highest BCUT2D eigenvalue weighted by molar-refractivity contribution is 5.96. The fourth-order valence-corrected chi connectivity index (χ4v) is 2.40. The van der Waals surface area contributed by atoms with Crippen LogP contribution in [-0.2, 0) is 9.53 Å². The summed E-state index contributed by atoms with van der Waals surface area (Å²) in [5.74, 6) is -0.320. The van der Waals surface area contributed by atoms with Gasteiger partial charge in [0.25, 0.3) is 5.91 Å². The maximum atomic E-state index is 12.2. The molecule has 0 unspecified atom stereocenters. The van der Waals surface area contributed by atoms with Gasteiger partial charge in [-0.3, -0.25) is 9.59 Å². The van der Waals surface area contributed by atoms with Crippen LogP contribution in [0, 0.1) is 13.8 Å². The summed E-state index contributed by atoms with van der Waals surface area (Å²) in [6.45, 7) is 5.01. The van der Waals surface area contributed by atoms with Crippen LogP contribution in [0.2, 0.25) is 0 Å². The van der Waals surface area contributed by atoms with Gasteiger partial charge in [-0.15, -0.1) is 0 Å². The molecule has 0 radical (unpaired) electrons. The minimum atomic E-state index is -0.175. The van der Waals surface area contributed by atoms with Crippen molar-refractivity contribution in [2.24, 2.45) is 0 Å². The standard InChI is InChI=1S/C20H25N3O3/c1-14-6-4-9-18(15(14)2)23-19(24)13-22-17-8-5-7-16(12-17)20(25)21-10-11-26-3/h4-9,12,22H,10-11,13H2,1-3H3,(H,21,25)(H,23,24). The summed E-state index contributed by atoms with van der Waals surface area (Å²) in [7, 11) is 1.58. The molecule has 3 N–H and O–H groups in total. The van der Waals surface area contributed by atoms with E-state index in [-0.39, 0.29) is 18.4 Å². The van der Waals surface area contributed by atoms with Crippen molar-refractivity contribution in [2.45, 2.75) is 13.8 Å². The van der Waals surface area contributed by atoms with Gasteiger partial charge >= 0.3 is 0 Å². The normalized spacial score (nSPS) is 10.3. The zero-order valence-corrected chi connectivity index (χ0v) is 15.4. The molecule has 138 valence electrons. The lowest BCUT2D eigenvalue weighted by molar-refractivity contribution is -0.114. The van der Waals surface area contributed by atoms with E-state index in [4.69, 9.17) is 4.74 Å². The number of ether oxygens (including phenoxy) is 1. The summed E-state index contributed by atoms with van der Waals surface area (Å²) in [6.07, 6.45) is 0. The van der Waals surface area contributed by atoms with E-state index in [1.165, 1.54) is 0 Å². The quantitative estimate of drug-likeness (QED) is 0.636. The van der Waals surface area contributed by atoms with Crippen molar-refractivity contribution in [3.05, 3.63) is 59.2 Å². The van der Waals surface area contributed by atoms with Crippen LogP contribution >= 0.6 is 0 Å². The van der Waals surface area contributed by atoms with Crippen molar-refractivity contribution in [3.63, 3.8) is 0 Å². The molecule has 0 heterocycles. The van der Waals surface area contributed by atoms with E-state index in [0.717, 1.165) is 16.8 Å². The molecule has 0 spiro atoms. The Labute approximate surface area is 153 Å². The van der Waals surface area contributed by atoms with Gasteiger partial charge in [0.2, 0.25) is 5.91 Å². The third kappa shape index (κ3) is 5.60. The first-order valence-corrected chi connectivity index (χ1v) is 8.48. The largest absolute Gasteiger partial charge is 0.383 e. The third-order valence-electron chi connectivity index (χ3n) is 4.05. The Balaban J connectivity index is 1.90. The number of methoxy groups -OCH3 is 1. The van der Waals surface area contributed by atoms with E-state index in [1.807, 2.05) is 38.1 Å². The van der Waals surface area contributed by atoms with Gasteiger partial charge in [-0.05, 0) is 49.2 Å². The predicted octanol–water partition coefficient (Wildman–Crippen LogP) is 2.73. The van der Waals surface area contributed by atoms with Crippen molar-refractivity contribution in [3.8, 4) is 0 Å². The number of amides is 2. The van der Waals surface area contributed by atoms with Crippen LogP contribution in [0.3, 0.4) is 0 Å². The molecule has 6 nitrogen and oxygen atoms in total. The summed E-state index contributed by atoms with van der Waals surface area (Å²) in [5.41, 5.74) is 4.23. The molecule has 26 heavy (non-hydrogen) atoms. The second kappa shape index (κ2) is 9.58. The number of carbonyl (C=O) groups is 2. The first-order chi connectivity index (χ1) is 12.5. The maximum Gasteiger partial charge on any atom is 0.251 e. The Bertz CT molecular complexity index is 775. The van der Waals surface area contributed by atoms with Crippen molar-refractivity contribution in [2.75, 3.05) is 37.4 Å². The SMILES string of the molecule is COCCNC(=O)c1cccc(NCC(=O)Nc2cccc(C)c2C)c1. The van der Waals surface area contributed by atoms with Gasteiger partial charge in [-0.1, -0.05) is 18.2 Å². The van der Waals surface area contributed by atoms with Crippen molar-refractivity contribution >= 4 is 23.2 Å². The highest BCUT2D eigenvalue weighted by Gasteiger charge is 2.08. The fraction of sp³-hybridized carbons (Fsp3) is 0.300. The number of rotatable bonds is 8. The number of nitrogens with one attached hydrogen (secondary N) is 3. The molecule has 2 aromatic carbocycles. The lowest BCUT2D eigenvalue weighted by atomic mass is 10.1. The Morgan fingerprint density at radius 1 is 1.08 bits per heavy atom. The molecule has 0 fully saturated rings. The van der Waals surface area contributed by atoms with Gasteiger partial charge in [0, 0.05) is 30.6 Å². The van der Waals surface area contributed by atoms with E-state index in [9.17, 15) is 9.59 Å². The maximum absolute atomic E-state index is 12.2. The Kier molecular flexibility index (Phi) is 7.17. The van der Waals surface area contributed by atoms with Gasteiger partial charge in [0.1, 0.15) is 0 Å². The van der Waals surface area contributed by atoms with Crippen LogP contribution in [0.4, 0.5) is 11.4 Å². The Morgan fingerprint density at radius 2 is 1.85 bits per heavy atom. The summed E-state index contributed by atoms with van der Waals surface area (Å²) < 4.78 is 4.91. The average molecular weight is 355 g/mol. The summed E-state index contributed by atoms with van der Waals surface area (Å²) in [6, 6.07) is 12.8. The summed E-state index contributed by atoms with van der Waals surface area (Å²) in [5, 5.41) is 8.71. The second-order valence-corrected chi connectivity index (χ2v) is 5.98. The number of hydrogen-bond acceptors (Lipinski definition) is 4. The van der Waals surface area contributed by atoms with E-state index < -0.39 is 0 Å². The molecule has 6 heteroatoms. The molecule has 0 atom stereocenters. The van der Waals surface area contributed by atoms with Crippen molar-refractivity contribution in [1.29, 1.82) is 0 Å². The Morgan fingerprint density at radius 3 is 2.62 bits per heavy atom. The van der Waals surface area contributed by atoms with Crippen molar-refractivity contribution in [1.82, 2.24) is 5.32 Å². The topological polar surface area (TPSA) is 79.5 Å². The minimum Gasteiger partial charge on any atom is -0.383 e. The van der Waals surface area contributed by atoms with Gasteiger partial charge in [-0.25, -0.2) is 0 Å². The molecular formula is C20H25N3O3. The first-order valence-electron chi connectivity index (χ1n) is 8.48. The lowest BCUT2D eigenvalue weighted by Crippen LogP contribution is -2.27. The van der Waals surface area contributed by atoms with Crippen LogP contribution in [-0.4, -0.2) is 38.6 Å². The number of benzene rings is 2. The van der Waals surface area contributed by atoms with Crippen LogP contribution in [0.1, 0.15) is 21.5 Å². The van der Waals surface area contributed by atoms with E-state index in [2.05, 4.69) is 16.0 Å². The second-order valence-electron chi connectivity index (χ2n) is 5.98. The van der Waals surface area contributed by atoms with Crippen LogP contribution in [0.15, 0.2) is 42.5 Å². The van der Waals surface area contributed by atoms with Gasteiger partial charge < -0.3 is 20.7 Å². The smallest absolute Gasteiger partial charge is 0.251 e. The van der Waals surface area contributed by atoms with Crippen LogP contribution in [0.25, 0.3) is 0 Å². The molecule has 0 aromatic heterocycles. The van der Waals surface area contributed by atoms with Crippen LogP contribution in [0.5, 0.6) is 0 Å². The zero-order valence-electron chi connectivity index (χ0n) is 15.4. The summed E-state index contributed by atoms with van der Waals surface area (Å²) in [4.78, 5) is 24.2. The average Bonchev–Trinajstić information content (AvgIpc) is 2.64. The monoisotopic (exact) mass is 355 g/mol. The fourth-order valence-electron chi connectivity index (χ4n) is 2.40. The number of anilines is 2. The molecule has 2 aromatic rings. The molecular weight excluding hydrogens is 330 g/mol. The lowest BCUT2D eigenvalue weighted by Gasteiger charge is -2.12. The zero-order chi connectivity index (χ0) is 18.9.